The Morgan fingerprint density at radius 1 is 0.833 bits per heavy atom. The van der Waals surface area contributed by atoms with Crippen molar-refractivity contribution in [3.8, 4) is 0 Å². The molecule has 0 bridgehead atoms. The van der Waals surface area contributed by atoms with Gasteiger partial charge in [-0.3, -0.25) is 5.32 Å². The van der Waals surface area contributed by atoms with Crippen molar-refractivity contribution in [1.29, 1.82) is 0 Å². The molecule has 18 heavy (non-hydrogen) atoms. The summed E-state index contributed by atoms with van der Waals surface area (Å²) in [6, 6.07) is 21.2. The van der Waals surface area contributed by atoms with Crippen LogP contribution in [-0.4, -0.2) is 6.04 Å². The standard InChI is InChI=1S/C17H20N/c1-14(2)17(13-15-9-5-3-6-10-15)18-16-11-7-4-8-12-16/h3-12,14,17H,13H2,1-2H3/t17-/m0/s1. The summed E-state index contributed by atoms with van der Waals surface area (Å²) in [6.07, 6.45) is 1.01. The van der Waals surface area contributed by atoms with Crippen molar-refractivity contribution in [2.75, 3.05) is 0 Å². The van der Waals surface area contributed by atoms with E-state index in [-0.39, 0.29) is 0 Å². The van der Waals surface area contributed by atoms with Crippen LogP contribution in [0.25, 0.3) is 0 Å². The second-order valence-electron chi connectivity index (χ2n) is 4.97. The molecule has 1 atom stereocenters. The van der Waals surface area contributed by atoms with Crippen LogP contribution < -0.4 is 5.32 Å². The van der Waals surface area contributed by atoms with Crippen molar-refractivity contribution in [3.05, 3.63) is 66.2 Å². The van der Waals surface area contributed by atoms with Gasteiger partial charge in [0.15, 0.2) is 0 Å². The quantitative estimate of drug-likeness (QED) is 0.741. The molecule has 0 saturated heterocycles. The smallest absolute Gasteiger partial charge is 0.0577 e. The maximum atomic E-state index is 4.85. The van der Waals surface area contributed by atoms with Crippen LogP contribution in [-0.2, 0) is 6.42 Å². The molecule has 1 heteroatoms. The number of rotatable bonds is 5. The van der Waals surface area contributed by atoms with Crippen LogP contribution >= 0.6 is 0 Å². The molecule has 0 amide bonds. The van der Waals surface area contributed by atoms with Crippen LogP contribution in [0.1, 0.15) is 19.4 Å². The first-order chi connectivity index (χ1) is 8.75. The number of hydrogen-bond acceptors (Lipinski definition) is 0. The summed E-state index contributed by atoms with van der Waals surface area (Å²) in [5, 5.41) is 4.85. The summed E-state index contributed by atoms with van der Waals surface area (Å²) in [4.78, 5) is 0. The van der Waals surface area contributed by atoms with E-state index in [0.717, 1.165) is 12.1 Å². The Kier molecular flexibility index (Phi) is 4.40. The van der Waals surface area contributed by atoms with Crippen molar-refractivity contribution in [1.82, 2.24) is 5.32 Å². The molecule has 2 aromatic carbocycles. The highest BCUT2D eigenvalue weighted by Crippen LogP contribution is 2.16. The number of para-hydroxylation sites is 1. The molecule has 0 aliphatic carbocycles. The van der Waals surface area contributed by atoms with Crippen molar-refractivity contribution in [2.24, 2.45) is 5.92 Å². The third kappa shape index (κ3) is 3.63. The van der Waals surface area contributed by atoms with Crippen LogP contribution in [0.2, 0.25) is 0 Å². The molecule has 0 unspecified atom stereocenters. The normalized spacial score (nSPS) is 12.4. The largest absolute Gasteiger partial charge is 0.281 e. The molecule has 2 rings (SSSR count). The van der Waals surface area contributed by atoms with Gasteiger partial charge in [-0.15, -0.1) is 0 Å². The van der Waals surface area contributed by atoms with E-state index >= 15 is 0 Å². The van der Waals surface area contributed by atoms with Gasteiger partial charge >= 0.3 is 0 Å². The van der Waals surface area contributed by atoms with Gasteiger partial charge in [-0.1, -0.05) is 62.4 Å². The third-order valence-electron chi connectivity index (χ3n) is 3.13. The summed E-state index contributed by atoms with van der Waals surface area (Å²) in [7, 11) is 0. The summed E-state index contributed by atoms with van der Waals surface area (Å²) >= 11 is 0. The highest BCUT2D eigenvalue weighted by molar-refractivity contribution is 5.35. The van der Waals surface area contributed by atoms with Crippen LogP contribution in [0.4, 0.5) is 5.69 Å². The molecule has 0 fully saturated rings. The Labute approximate surface area is 110 Å². The van der Waals surface area contributed by atoms with Gasteiger partial charge in [0.05, 0.1) is 11.7 Å². The fourth-order valence-corrected chi connectivity index (χ4v) is 1.99. The maximum Gasteiger partial charge on any atom is 0.0577 e. The zero-order chi connectivity index (χ0) is 12.8. The molecular weight excluding hydrogens is 218 g/mol. The van der Waals surface area contributed by atoms with Crippen molar-refractivity contribution in [2.45, 2.75) is 26.3 Å². The summed E-state index contributed by atoms with van der Waals surface area (Å²) in [5.74, 6) is 0.547. The van der Waals surface area contributed by atoms with Gasteiger partial charge in [0, 0.05) is 0 Å². The Balaban J connectivity index is 2.05. The minimum absolute atomic E-state index is 0.342. The summed E-state index contributed by atoms with van der Waals surface area (Å²) in [6.45, 7) is 4.47. The Morgan fingerprint density at radius 2 is 1.39 bits per heavy atom. The monoisotopic (exact) mass is 238 g/mol. The Morgan fingerprint density at radius 3 is 1.94 bits per heavy atom. The van der Waals surface area contributed by atoms with Crippen molar-refractivity contribution in [3.63, 3.8) is 0 Å². The van der Waals surface area contributed by atoms with Crippen LogP contribution in [0.3, 0.4) is 0 Å². The molecule has 0 spiro atoms. The van der Waals surface area contributed by atoms with E-state index in [9.17, 15) is 0 Å². The van der Waals surface area contributed by atoms with Gasteiger partial charge in [0.2, 0.25) is 0 Å². The predicted molar refractivity (Wildman–Crippen MR) is 77.0 cm³/mol. The SMILES string of the molecule is CC(C)[C@H](Cc1ccccc1)[N]c1ccccc1. The van der Waals surface area contributed by atoms with Crippen molar-refractivity contribution >= 4 is 5.69 Å². The van der Waals surface area contributed by atoms with Gasteiger partial charge in [-0.25, -0.2) is 0 Å². The molecule has 2 aromatic rings. The van der Waals surface area contributed by atoms with Crippen LogP contribution in [0, 0.1) is 5.92 Å². The second-order valence-corrected chi connectivity index (χ2v) is 4.97. The minimum atomic E-state index is 0.342. The van der Waals surface area contributed by atoms with E-state index in [0.29, 0.717) is 12.0 Å². The number of hydrogen-bond donors (Lipinski definition) is 0. The number of benzene rings is 2. The molecule has 93 valence electrons. The average molecular weight is 238 g/mol. The lowest BCUT2D eigenvalue weighted by molar-refractivity contribution is 0.436. The average Bonchev–Trinajstić information content (AvgIpc) is 2.40. The number of nitrogens with zero attached hydrogens (tertiary/aromatic N) is 1. The van der Waals surface area contributed by atoms with Gasteiger partial charge in [0.1, 0.15) is 0 Å². The second kappa shape index (κ2) is 6.25. The van der Waals surface area contributed by atoms with Crippen LogP contribution in [0.15, 0.2) is 60.7 Å². The Bertz CT molecular complexity index is 406. The van der Waals surface area contributed by atoms with E-state index in [1.165, 1.54) is 5.56 Å². The van der Waals surface area contributed by atoms with Crippen LogP contribution in [0.5, 0.6) is 0 Å². The van der Waals surface area contributed by atoms with Gasteiger partial charge in [-0.05, 0) is 30.0 Å². The lowest BCUT2D eigenvalue weighted by atomic mass is 9.96. The predicted octanol–water partition coefficient (Wildman–Crippen LogP) is 4.19. The van der Waals surface area contributed by atoms with E-state index in [4.69, 9.17) is 5.32 Å². The summed E-state index contributed by atoms with van der Waals surface area (Å²) < 4.78 is 0. The minimum Gasteiger partial charge on any atom is -0.281 e. The molecule has 0 saturated carbocycles. The van der Waals surface area contributed by atoms with Gasteiger partial charge in [0.25, 0.3) is 0 Å². The first kappa shape index (κ1) is 12.7. The molecule has 1 nitrogen and oxygen atoms in total. The highest BCUT2D eigenvalue weighted by atomic mass is 14.9. The zero-order valence-corrected chi connectivity index (χ0v) is 11.1. The molecule has 0 N–H and O–H groups in total. The molecule has 0 aliphatic heterocycles. The van der Waals surface area contributed by atoms with Gasteiger partial charge < -0.3 is 0 Å². The maximum absolute atomic E-state index is 4.85. The first-order valence-corrected chi connectivity index (χ1v) is 6.55. The first-order valence-electron chi connectivity index (χ1n) is 6.55. The lowest BCUT2D eigenvalue weighted by Gasteiger charge is -2.21. The fraction of sp³-hybridized carbons (Fsp3) is 0.294. The van der Waals surface area contributed by atoms with E-state index in [2.05, 4.69) is 56.3 Å². The highest BCUT2D eigenvalue weighted by Gasteiger charge is 2.15. The molecule has 1 radical (unpaired) electrons. The molecule has 0 aliphatic rings. The fourth-order valence-electron chi connectivity index (χ4n) is 1.99. The lowest BCUT2D eigenvalue weighted by Crippen LogP contribution is -2.27. The zero-order valence-electron chi connectivity index (χ0n) is 11.1. The van der Waals surface area contributed by atoms with Crippen molar-refractivity contribution < 1.29 is 0 Å². The van der Waals surface area contributed by atoms with E-state index in [1.807, 2.05) is 18.2 Å². The Hall–Kier alpha value is -1.76. The van der Waals surface area contributed by atoms with E-state index in [1.54, 1.807) is 0 Å². The molecule has 0 aromatic heterocycles. The topological polar surface area (TPSA) is 14.1 Å². The molecule has 0 heterocycles. The molecular formula is C17H20N. The van der Waals surface area contributed by atoms with Gasteiger partial charge in [-0.2, -0.15) is 0 Å². The summed E-state index contributed by atoms with van der Waals surface area (Å²) in [5.41, 5.74) is 2.43. The van der Waals surface area contributed by atoms with E-state index < -0.39 is 0 Å². The third-order valence-corrected chi connectivity index (χ3v) is 3.13.